The van der Waals surface area contributed by atoms with Crippen molar-refractivity contribution < 1.29 is 5.11 Å². The average Bonchev–Trinajstić information content (AvgIpc) is 2.53. The summed E-state index contributed by atoms with van der Waals surface area (Å²) in [5.74, 6) is 0. The lowest BCUT2D eigenvalue weighted by Gasteiger charge is -1.99. The van der Waals surface area contributed by atoms with Crippen LogP contribution in [0.5, 0.6) is 0 Å². The van der Waals surface area contributed by atoms with Gasteiger partial charge in [0.1, 0.15) is 5.65 Å². The van der Waals surface area contributed by atoms with Crippen LogP contribution in [0, 0.1) is 0 Å². The number of aliphatic hydroxyl groups excluding tert-OH is 1. The maximum atomic E-state index is 8.88. The van der Waals surface area contributed by atoms with Gasteiger partial charge in [0, 0.05) is 23.3 Å². The van der Waals surface area contributed by atoms with E-state index < -0.39 is 0 Å². The van der Waals surface area contributed by atoms with Gasteiger partial charge in [-0.3, -0.25) is 0 Å². The van der Waals surface area contributed by atoms with Gasteiger partial charge in [0.2, 0.25) is 0 Å². The van der Waals surface area contributed by atoms with Gasteiger partial charge in [-0.15, -0.1) is 0 Å². The van der Waals surface area contributed by atoms with Crippen LogP contribution < -0.4 is 0 Å². The summed E-state index contributed by atoms with van der Waals surface area (Å²) in [5, 5.41) is 10.3. The third kappa shape index (κ3) is 0.983. The van der Waals surface area contributed by atoms with Crippen molar-refractivity contribution in [2.24, 2.45) is 0 Å². The molecule has 2 rings (SSSR count). The van der Waals surface area contributed by atoms with Crippen molar-refractivity contribution in [3.63, 3.8) is 0 Å². The number of hydrogen-bond donors (Lipinski definition) is 2. The van der Waals surface area contributed by atoms with E-state index in [4.69, 9.17) is 16.7 Å². The van der Waals surface area contributed by atoms with E-state index in [9.17, 15) is 0 Å². The molecule has 0 unspecified atom stereocenters. The molecule has 4 heteroatoms. The first-order chi connectivity index (χ1) is 5.83. The molecule has 0 aliphatic rings. The first-order valence-electron chi connectivity index (χ1n) is 3.54. The Morgan fingerprint density at radius 1 is 1.58 bits per heavy atom. The van der Waals surface area contributed by atoms with Crippen molar-refractivity contribution in [2.45, 2.75) is 6.61 Å². The van der Waals surface area contributed by atoms with Crippen LogP contribution in [0.2, 0.25) is 5.02 Å². The quantitative estimate of drug-likeness (QED) is 0.706. The predicted molar refractivity (Wildman–Crippen MR) is 47.0 cm³/mol. The van der Waals surface area contributed by atoms with Crippen molar-refractivity contribution in [2.75, 3.05) is 0 Å². The number of H-pyrrole nitrogens is 1. The minimum absolute atomic E-state index is 0.0764. The van der Waals surface area contributed by atoms with E-state index >= 15 is 0 Å². The molecule has 0 radical (unpaired) electrons. The number of rotatable bonds is 1. The lowest BCUT2D eigenvalue weighted by atomic mass is 10.2. The molecule has 0 spiro atoms. The van der Waals surface area contributed by atoms with Gasteiger partial charge in [-0.2, -0.15) is 0 Å². The van der Waals surface area contributed by atoms with Gasteiger partial charge in [0.05, 0.1) is 11.6 Å². The summed E-state index contributed by atoms with van der Waals surface area (Å²) in [6.07, 6.45) is 3.34. The minimum atomic E-state index is -0.0764. The molecule has 0 fully saturated rings. The van der Waals surface area contributed by atoms with E-state index in [0.29, 0.717) is 10.6 Å². The fraction of sp³-hybridized carbons (Fsp3) is 0.125. The molecule has 0 saturated heterocycles. The third-order valence-corrected chi connectivity index (χ3v) is 2.21. The maximum Gasteiger partial charge on any atom is 0.138 e. The lowest BCUT2D eigenvalue weighted by molar-refractivity contribution is 0.281. The summed E-state index contributed by atoms with van der Waals surface area (Å²) in [5.41, 5.74) is 1.40. The summed E-state index contributed by atoms with van der Waals surface area (Å²) in [7, 11) is 0. The molecule has 2 heterocycles. The zero-order chi connectivity index (χ0) is 8.55. The fourth-order valence-electron chi connectivity index (χ4n) is 1.13. The van der Waals surface area contributed by atoms with Gasteiger partial charge in [-0.05, 0) is 6.07 Å². The Bertz CT molecular complexity index is 410. The maximum absolute atomic E-state index is 8.88. The van der Waals surface area contributed by atoms with Gasteiger partial charge in [-0.25, -0.2) is 4.98 Å². The molecule has 0 aromatic carbocycles. The van der Waals surface area contributed by atoms with E-state index in [-0.39, 0.29) is 6.61 Å². The number of aromatic amines is 1. The summed E-state index contributed by atoms with van der Waals surface area (Å²) >= 11 is 5.96. The minimum Gasteiger partial charge on any atom is -0.392 e. The molecule has 0 aliphatic heterocycles. The molecule has 2 N–H and O–H groups in total. The zero-order valence-electron chi connectivity index (χ0n) is 6.21. The van der Waals surface area contributed by atoms with Crippen molar-refractivity contribution >= 4 is 22.6 Å². The highest BCUT2D eigenvalue weighted by atomic mass is 35.5. The summed E-state index contributed by atoms with van der Waals surface area (Å²) < 4.78 is 0. The number of pyridine rings is 1. The normalized spacial score (nSPS) is 10.8. The van der Waals surface area contributed by atoms with Crippen LogP contribution in [0.15, 0.2) is 18.5 Å². The molecule has 0 amide bonds. The lowest BCUT2D eigenvalue weighted by Crippen LogP contribution is -1.87. The molecule has 2 aromatic heterocycles. The van der Waals surface area contributed by atoms with Crippen LogP contribution in [0.3, 0.4) is 0 Å². The van der Waals surface area contributed by atoms with E-state index in [1.807, 2.05) is 6.07 Å². The highest BCUT2D eigenvalue weighted by Gasteiger charge is 2.05. The van der Waals surface area contributed by atoms with Gasteiger partial charge in [0.15, 0.2) is 0 Å². The predicted octanol–water partition coefficient (Wildman–Crippen LogP) is 1.71. The highest BCUT2D eigenvalue weighted by molar-refractivity contribution is 6.35. The summed E-state index contributed by atoms with van der Waals surface area (Å²) in [4.78, 5) is 7.01. The second kappa shape index (κ2) is 2.77. The van der Waals surface area contributed by atoms with Crippen LogP contribution in [-0.2, 0) is 6.61 Å². The molecule has 2 aromatic rings. The van der Waals surface area contributed by atoms with E-state index in [1.54, 1.807) is 12.4 Å². The number of fused-ring (bicyclic) bond motifs is 1. The molecule has 62 valence electrons. The van der Waals surface area contributed by atoms with Crippen LogP contribution in [0.1, 0.15) is 5.56 Å². The number of aromatic nitrogens is 2. The Morgan fingerprint density at radius 3 is 3.17 bits per heavy atom. The van der Waals surface area contributed by atoms with Gasteiger partial charge >= 0.3 is 0 Å². The van der Waals surface area contributed by atoms with Crippen molar-refractivity contribution in [3.05, 3.63) is 29.0 Å². The fourth-order valence-corrected chi connectivity index (χ4v) is 1.39. The number of hydrogen-bond acceptors (Lipinski definition) is 2. The Balaban J connectivity index is 2.78. The molecule has 0 atom stereocenters. The highest BCUT2D eigenvalue weighted by Crippen LogP contribution is 2.24. The molecule has 3 nitrogen and oxygen atoms in total. The van der Waals surface area contributed by atoms with E-state index in [1.165, 1.54) is 0 Å². The molecule has 0 aliphatic carbocycles. The Hall–Kier alpha value is -1.06. The standard InChI is InChI=1S/C8H7ClN2O/c9-7-5(4-12)3-11-8-6(7)1-2-10-8/h1-3,12H,4H2,(H,10,11). The molecule has 0 saturated carbocycles. The van der Waals surface area contributed by atoms with Crippen molar-refractivity contribution in [1.82, 2.24) is 9.97 Å². The van der Waals surface area contributed by atoms with Crippen LogP contribution in [0.25, 0.3) is 11.0 Å². The molecule has 12 heavy (non-hydrogen) atoms. The second-order valence-electron chi connectivity index (χ2n) is 2.50. The Labute approximate surface area is 74.0 Å². The molecular weight excluding hydrogens is 176 g/mol. The van der Waals surface area contributed by atoms with Crippen molar-refractivity contribution in [1.29, 1.82) is 0 Å². The number of nitrogens with one attached hydrogen (secondary N) is 1. The Kier molecular flexibility index (Phi) is 1.75. The number of halogens is 1. The first kappa shape index (κ1) is 7.58. The first-order valence-corrected chi connectivity index (χ1v) is 3.92. The van der Waals surface area contributed by atoms with Gasteiger partial charge in [0.25, 0.3) is 0 Å². The van der Waals surface area contributed by atoms with E-state index in [0.717, 1.165) is 11.0 Å². The summed E-state index contributed by atoms with van der Waals surface area (Å²) in [6.45, 7) is -0.0764. The topological polar surface area (TPSA) is 48.9 Å². The SMILES string of the molecule is OCc1cnc2[nH]ccc2c1Cl. The second-order valence-corrected chi connectivity index (χ2v) is 2.87. The monoisotopic (exact) mass is 182 g/mol. The third-order valence-electron chi connectivity index (χ3n) is 1.76. The number of aliphatic hydroxyl groups is 1. The van der Waals surface area contributed by atoms with Crippen LogP contribution in [0.4, 0.5) is 0 Å². The average molecular weight is 183 g/mol. The smallest absolute Gasteiger partial charge is 0.138 e. The van der Waals surface area contributed by atoms with Crippen LogP contribution >= 0.6 is 11.6 Å². The number of nitrogens with zero attached hydrogens (tertiary/aromatic N) is 1. The van der Waals surface area contributed by atoms with Crippen molar-refractivity contribution in [3.8, 4) is 0 Å². The van der Waals surface area contributed by atoms with Gasteiger partial charge in [-0.1, -0.05) is 11.6 Å². The van der Waals surface area contributed by atoms with E-state index in [2.05, 4.69) is 9.97 Å². The summed E-state index contributed by atoms with van der Waals surface area (Å²) in [6, 6.07) is 1.84. The van der Waals surface area contributed by atoms with Gasteiger partial charge < -0.3 is 10.1 Å². The molecule has 0 bridgehead atoms. The molecular formula is C8H7ClN2O. The zero-order valence-corrected chi connectivity index (χ0v) is 6.97. The largest absolute Gasteiger partial charge is 0.392 e. The Morgan fingerprint density at radius 2 is 2.42 bits per heavy atom. The van der Waals surface area contributed by atoms with Crippen LogP contribution in [-0.4, -0.2) is 15.1 Å².